The van der Waals surface area contributed by atoms with E-state index in [-0.39, 0.29) is 5.91 Å². The van der Waals surface area contributed by atoms with Crippen molar-refractivity contribution in [2.24, 2.45) is 11.7 Å². The van der Waals surface area contributed by atoms with Gasteiger partial charge in [-0.25, -0.2) is 0 Å². The van der Waals surface area contributed by atoms with E-state index >= 15 is 0 Å². The Labute approximate surface area is 89.5 Å². The lowest BCUT2D eigenvalue weighted by atomic mass is 10.1. The van der Waals surface area contributed by atoms with Crippen molar-refractivity contribution >= 4 is 17.7 Å². The first-order valence-corrected chi connectivity index (χ1v) is 6.11. The molecule has 80 valence electrons. The first-order chi connectivity index (χ1) is 6.74. The molecule has 0 saturated carbocycles. The van der Waals surface area contributed by atoms with Gasteiger partial charge < -0.3 is 11.1 Å². The summed E-state index contributed by atoms with van der Waals surface area (Å²) in [5.41, 5.74) is 5.62. The quantitative estimate of drug-likeness (QED) is 0.664. The fraction of sp³-hybridized carbons (Fsp3) is 0.700. The molecule has 3 nitrogen and oxygen atoms in total. The number of thioether (sulfide) groups is 1. The van der Waals surface area contributed by atoms with E-state index in [9.17, 15) is 4.79 Å². The molecule has 2 atom stereocenters. The van der Waals surface area contributed by atoms with Crippen LogP contribution in [0.5, 0.6) is 0 Å². The number of carbonyl (C=O) groups excluding carboxylic acids is 1. The van der Waals surface area contributed by atoms with Gasteiger partial charge in [-0.15, -0.1) is 6.58 Å². The molecule has 1 saturated heterocycles. The standard InChI is InChI=1S/C10H18N2OS/c1-2-3-9(11)10(13)12-6-8-4-5-14-7-8/h2,8-9H,1,3-7,11H2,(H,12,13). The molecule has 1 aliphatic heterocycles. The maximum atomic E-state index is 11.4. The summed E-state index contributed by atoms with van der Waals surface area (Å²) in [5, 5.41) is 2.88. The van der Waals surface area contributed by atoms with Crippen LogP contribution in [0.4, 0.5) is 0 Å². The third-order valence-corrected chi connectivity index (χ3v) is 3.58. The average molecular weight is 214 g/mol. The van der Waals surface area contributed by atoms with Crippen LogP contribution in [-0.2, 0) is 4.79 Å². The lowest BCUT2D eigenvalue weighted by molar-refractivity contribution is -0.122. The highest BCUT2D eigenvalue weighted by Gasteiger charge is 2.17. The highest BCUT2D eigenvalue weighted by atomic mass is 32.2. The highest BCUT2D eigenvalue weighted by molar-refractivity contribution is 7.99. The van der Waals surface area contributed by atoms with Gasteiger partial charge in [0.15, 0.2) is 0 Å². The van der Waals surface area contributed by atoms with Gasteiger partial charge in [0, 0.05) is 6.54 Å². The van der Waals surface area contributed by atoms with Gasteiger partial charge in [-0.05, 0) is 30.3 Å². The van der Waals surface area contributed by atoms with Gasteiger partial charge in [-0.3, -0.25) is 4.79 Å². The molecule has 0 aromatic carbocycles. The maximum Gasteiger partial charge on any atom is 0.237 e. The fourth-order valence-corrected chi connectivity index (χ4v) is 2.69. The summed E-state index contributed by atoms with van der Waals surface area (Å²) < 4.78 is 0. The van der Waals surface area contributed by atoms with Crippen molar-refractivity contribution in [1.82, 2.24) is 5.32 Å². The zero-order chi connectivity index (χ0) is 10.4. The van der Waals surface area contributed by atoms with Crippen molar-refractivity contribution in [2.75, 3.05) is 18.1 Å². The average Bonchev–Trinajstić information content (AvgIpc) is 2.67. The number of nitrogens with two attached hydrogens (primary N) is 1. The fourth-order valence-electron chi connectivity index (χ4n) is 1.41. The van der Waals surface area contributed by atoms with Gasteiger partial charge in [-0.2, -0.15) is 11.8 Å². The number of rotatable bonds is 5. The Hall–Kier alpha value is -0.480. The second-order valence-electron chi connectivity index (χ2n) is 3.61. The zero-order valence-electron chi connectivity index (χ0n) is 8.37. The molecule has 1 amide bonds. The van der Waals surface area contributed by atoms with Crippen LogP contribution in [0.25, 0.3) is 0 Å². The monoisotopic (exact) mass is 214 g/mol. The summed E-state index contributed by atoms with van der Waals surface area (Å²) in [7, 11) is 0. The number of hydrogen-bond acceptors (Lipinski definition) is 3. The number of amides is 1. The lowest BCUT2D eigenvalue weighted by Crippen LogP contribution is -2.42. The van der Waals surface area contributed by atoms with E-state index in [1.54, 1.807) is 6.08 Å². The Kier molecular flexibility index (Phi) is 5.04. The van der Waals surface area contributed by atoms with E-state index in [0.717, 1.165) is 12.3 Å². The summed E-state index contributed by atoms with van der Waals surface area (Å²) >= 11 is 1.95. The Morgan fingerprint density at radius 3 is 3.14 bits per heavy atom. The molecule has 4 heteroatoms. The van der Waals surface area contributed by atoms with Gasteiger partial charge in [0.05, 0.1) is 6.04 Å². The molecule has 0 radical (unpaired) electrons. The topological polar surface area (TPSA) is 55.1 Å². The van der Waals surface area contributed by atoms with E-state index in [1.165, 1.54) is 12.2 Å². The first-order valence-electron chi connectivity index (χ1n) is 4.96. The van der Waals surface area contributed by atoms with Gasteiger partial charge in [-0.1, -0.05) is 6.08 Å². The summed E-state index contributed by atoms with van der Waals surface area (Å²) in [6.45, 7) is 4.33. The highest BCUT2D eigenvalue weighted by Crippen LogP contribution is 2.22. The molecule has 2 unspecified atom stereocenters. The SMILES string of the molecule is C=CCC(N)C(=O)NCC1CCSC1. The zero-order valence-corrected chi connectivity index (χ0v) is 9.19. The maximum absolute atomic E-state index is 11.4. The van der Waals surface area contributed by atoms with Crippen molar-refractivity contribution in [2.45, 2.75) is 18.9 Å². The Morgan fingerprint density at radius 2 is 2.57 bits per heavy atom. The number of carbonyl (C=O) groups is 1. The molecular weight excluding hydrogens is 196 g/mol. The van der Waals surface area contributed by atoms with Crippen LogP contribution in [0.2, 0.25) is 0 Å². The van der Waals surface area contributed by atoms with Crippen LogP contribution >= 0.6 is 11.8 Å². The minimum Gasteiger partial charge on any atom is -0.354 e. The van der Waals surface area contributed by atoms with Crippen LogP contribution in [0.3, 0.4) is 0 Å². The van der Waals surface area contributed by atoms with Crippen molar-refractivity contribution < 1.29 is 4.79 Å². The predicted molar refractivity (Wildman–Crippen MR) is 61.2 cm³/mol. The van der Waals surface area contributed by atoms with Crippen LogP contribution in [-0.4, -0.2) is 30.0 Å². The van der Waals surface area contributed by atoms with E-state index < -0.39 is 6.04 Å². The van der Waals surface area contributed by atoms with Crippen LogP contribution in [0.1, 0.15) is 12.8 Å². The lowest BCUT2D eigenvalue weighted by Gasteiger charge is -2.13. The number of nitrogens with one attached hydrogen (secondary N) is 1. The van der Waals surface area contributed by atoms with Crippen LogP contribution in [0, 0.1) is 5.92 Å². The summed E-state index contributed by atoms with van der Waals surface area (Å²) in [4.78, 5) is 11.4. The van der Waals surface area contributed by atoms with Crippen molar-refractivity contribution in [1.29, 1.82) is 0 Å². The van der Waals surface area contributed by atoms with Crippen LogP contribution in [0.15, 0.2) is 12.7 Å². The molecule has 0 aromatic rings. The Bertz CT molecular complexity index is 202. The smallest absolute Gasteiger partial charge is 0.237 e. The van der Waals surface area contributed by atoms with Gasteiger partial charge in [0.2, 0.25) is 5.91 Å². The number of hydrogen-bond donors (Lipinski definition) is 2. The van der Waals surface area contributed by atoms with E-state index in [4.69, 9.17) is 5.73 Å². The van der Waals surface area contributed by atoms with Gasteiger partial charge in [0.1, 0.15) is 0 Å². The van der Waals surface area contributed by atoms with Crippen molar-refractivity contribution in [3.63, 3.8) is 0 Å². The molecular formula is C10H18N2OS. The van der Waals surface area contributed by atoms with E-state index in [1.807, 2.05) is 11.8 Å². The predicted octanol–water partition coefficient (Wildman–Crippen LogP) is 0.759. The first kappa shape index (κ1) is 11.6. The molecule has 1 aliphatic rings. The molecule has 0 aromatic heterocycles. The second-order valence-corrected chi connectivity index (χ2v) is 4.76. The third kappa shape index (κ3) is 3.72. The van der Waals surface area contributed by atoms with E-state index in [2.05, 4.69) is 11.9 Å². The molecule has 0 spiro atoms. The van der Waals surface area contributed by atoms with E-state index in [0.29, 0.717) is 12.3 Å². The summed E-state index contributed by atoms with van der Waals surface area (Å²) in [6.07, 6.45) is 3.43. The van der Waals surface area contributed by atoms with Crippen molar-refractivity contribution in [3.05, 3.63) is 12.7 Å². The van der Waals surface area contributed by atoms with Gasteiger partial charge in [0.25, 0.3) is 0 Å². The normalized spacial score (nSPS) is 23.1. The second kappa shape index (κ2) is 6.09. The Morgan fingerprint density at radius 1 is 1.79 bits per heavy atom. The molecule has 1 rings (SSSR count). The minimum absolute atomic E-state index is 0.0539. The van der Waals surface area contributed by atoms with Crippen molar-refractivity contribution in [3.8, 4) is 0 Å². The summed E-state index contributed by atoms with van der Waals surface area (Å²) in [6, 6.07) is -0.429. The molecule has 0 bridgehead atoms. The molecule has 0 aliphatic carbocycles. The largest absolute Gasteiger partial charge is 0.354 e. The van der Waals surface area contributed by atoms with Crippen LogP contribution < -0.4 is 11.1 Å². The van der Waals surface area contributed by atoms with Gasteiger partial charge >= 0.3 is 0 Å². The molecule has 14 heavy (non-hydrogen) atoms. The minimum atomic E-state index is -0.429. The molecule has 1 fully saturated rings. The molecule has 1 heterocycles. The molecule has 3 N–H and O–H groups in total. The Balaban J connectivity index is 2.16. The summed E-state index contributed by atoms with van der Waals surface area (Å²) in [5.74, 6) is 2.97. The third-order valence-electron chi connectivity index (χ3n) is 2.35.